The third-order valence-corrected chi connectivity index (χ3v) is 13.7. The second-order valence-corrected chi connectivity index (χ2v) is 22.3. The zero-order valence-electron chi connectivity index (χ0n) is 46.5. The number of likely N-dealkylation sites (N-methyl/N-ethyl adjacent to an activating group) is 1. The molecule has 70 heavy (non-hydrogen) atoms. The van der Waals surface area contributed by atoms with E-state index in [4.69, 9.17) is 13.8 Å². The van der Waals surface area contributed by atoms with Crippen molar-refractivity contribution in [3.63, 3.8) is 0 Å². The molecule has 0 saturated carbocycles. The summed E-state index contributed by atoms with van der Waals surface area (Å²) in [6.07, 6.45) is 62.1. The number of phosphoric acid groups is 1. The highest BCUT2D eigenvalue weighted by atomic mass is 31.2. The van der Waals surface area contributed by atoms with Crippen LogP contribution in [0.2, 0.25) is 0 Å². The number of phosphoric ester groups is 1. The number of hydrogen-bond donors (Lipinski definition) is 2. The fraction of sp³-hybridized carbons (Fsp3) is 0.800. The van der Waals surface area contributed by atoms with Gasteiger partial charge in [-0.3, -0.25) is 18.6 Å². The van der Waals surface area contributed by atoms with Crippen molar-refractivity contribution >= 4 is 19.7 Å². The van der Waals surface area contributed by atoms with Gasteiger partial charge in [0.25, 0.3) is 0 Å². The maximum Gasteiger partial charge on any atom is 0.472 e. The maximum absolute atomic E-state index is 13.5. The topological polar surface area (TPSA) is 111 Å². The molecular weight excluding hydrogens is 892 g/mol. The number of nitrogens with zero attached hydrogens (tertiary/aromatic N) is 1. The minimum atomic E-state index is -4.45. The van der Waals surface area contributed by atoms with Crippen molar-refractivity contribution in [2.24, 2.45) is 0 Å². The largest absolute Gasteiger partial charge is 0.472 e. The number of hydrogen-bond acceptors (Lipinski definition) is 6. The number of esters is 1. The number of carbonyl (C=O) groups excluding carboxylic acids is 2. The lowest BCUT2D eigenvalue weighted by atomic mass is 10.0. The molecule has 9 nitrogen and oxygen atoms in total. The molecule has 408 valence electrons. The minimum absolute atomic E-state index is 0.0338. The van der Waals surface area contributed by atoms with Crippen LogP contribution in [0.5, 0.6) is 0 Å². The quantitative estimate of drug-likeness (QED) is 0.0205. The van der Waals surface area contributed by atoms with Gasteiger partial charge in [0.15, 0.2) is 0 Å². The first-order valence-electron chi connectivity index (χ1n) is 29.1. The molecule has 0 bridgehead atoms. The number of quaternary nitrogens is 1. The molecule has 0 radical (unpaired) electrons. The molecule has 1 amide bonds. The molecular formula is C60H112N2O7P+. The Morgan fingerprint density at radius 2 is 0.871 bits per heavy atom. The Morgan fingerprint density at radius 1 is 0.500 bits per heavy atom. The van der Waals surface area contributed by atoms with Crippen molar-refractivity contribution in [1.82, 2.24) is 5.32 Å². The number of ether oxygens (including phenoxy) is 1. The summed E-state index contributed by atoms with van der Waals surface area (Å²) in [5, 5.41) is 3.04. The molecule has 0 aromatic rings. The van der Waals surface area contributed by atoms with Crippen LogP contribution in [0.4, 0.5) is 0 Å². The Hall–Kier alpha value is -2.29. The Labute approximate surface area is 432 Å². The predicted octanol–water partition coefficient (Wildman–Crippen LogP) is 17.5. The third-order valence-electron chi connectivity index (χ3n) is 12.7. The van der Waals surface area contributed by atoms with Crippen LogP contribution in [0.3, 0.4) is 0 Å². The van der Waals surface area contributed by atoms with Gasteiger partial charge in [-0.15, -0.1) is 0 Å². The van der Waals surface area contributed by atoms with E-state index in [1.807, 2.05) is 33.3 Å². The minimum Gasteiger partial charge on any atom is -0.456 e. The van der Waals surface area contributed by atoms with E-state index < -0.39 is 20.0 Å². The van der Waals surface area contributed by atoms with Crippen molar-refractivity contribution in [2.45, 2.75) is 270 Å². The molecule has 3 atom stereocenters. The van der Waals surface area contributed by atoms with E-state index in [0.29, 0.717) is 17.4 Å². The van der Waals surface area contributed by atoms with E-state index in [1.165, 1.54) is 128 Å². The van der Waals surface area contributed by atoms with Crippen LogP contribution < -0.4 is 5.32 Å². The fourth-order valence-corrected chi connectivity index (χ4v) is 8.85. The van der Waals surface area contributed by atoms with E-state index >= 15 is 0 Å². The first-order valence-corrected chi connectivity index (χ1v) is 30.6. The van der Waals surface area contributed by atoms with Crippen molar-refractivity contribution in [3.05, 3.63) is 60.8 Å². The average molecular weight is 1000 g/mol. The number of rotatable bonds is 52. The predicted molar refractivity (Wildman–Crippen MR) is 300 cm³/mol. The lowest BCUT2D eigenvalue weighted by Crippen LogP contribution is -2.47. The van der Waals surface area contributed by atoms with Gasteiger partial charge in [0.2, 0.25) is 5.91 Å². The first-order chi connectivity index (χ1) is 33.9. The molecule has 0 aliphatic rings. The zero-order chi connectivity index (χ0) is 51.5. The van der Waals surface area contributed by atoms with Crippen molar-refractivity contribution < 1.29 is 37.3 Å². The van der Waals surface area contributed by atoms with E-state index in [-0.39, 0.29) is 31.5 Å². The summed E-state index contributed by atoms with van der Waals surface area (Å²) in [5.74, 6) is -0.534. The van der Waals surface area contributed by atoms with Crippen LogP contribution in [0.25, 0.3) is 0 Å². The number of unbranched alkanes of at least 4 members (excludes halogenated alkanes) is 28. The SMILES string of the molecule is CCCCC/C=C\C/C=C\C/C=C\CCCCCCC(=O)NC(COP(=O)(O)OCC[N+](C)(C)C)C(/C=C/CCCCCCCCCCCC)OC(=O)CCCCCCCCC/C=C\CCCCCC. The molecule has 0 heterocycles. The molecule has 0 spiro atoms. The van der Waals surface area contributed by atoms with Crippen LogP contribution in [0, 0.1) is 0 Å². The van der Waals surface area contributed by atoms with Gasteiger partial charge in [-0.2, -0.15) is 0 Å². The molecule has 2 N–H and O–H groups in total. The summed E-state index contributed by atoms with van der Waals surface area (Å²) < 4.78 is 30.6. The summed E-state index contributed by atoms with van der Waals surface area (Å²) >= 11 is 0. The first kappa shape index (κ1) is 67.7. The zero-order valence-corrected chi connectivity index (χ0v) is 47.4. The summed E-state index contributed by atoms with van der Waals surface area (Å²) in [6.45, 7) is 6.95. The van der Waals surface area contributed by atoms with Crippen LogP contribution in [-0.4, -0.2) is 74.3 Å². The summed E-state index contributed by atoms with van der Waals surface area (Å²) in [4.78, 5) is 37.6. The smallest absolute Gasteiger partial charge is 0.456 e. The lowest BCUT2D eigenvalue weighted by Gasteiger charge is -2.27. The molecule has 0 aromatic heterocycles. The highest BCUT2D eigenvalue weighted by Gasteiger charge is 2.30. The summed E-state index contributed by atoms with van der Waals surface area (Å²) in [7, 11) is 1.48. The van der Waals surface area contributed by atoms with Gasteiger partial charge in [-0.05, 0) is 96.0 Å². The molecule has 0 saturated heterocycles. The van der Waals surface area contributed by atoms with Gasteiger partial charge >= 0.3 is 13.8 Å². The van der Waals surface area contributed by atoms with Gasteiger partial charge in [0.05, 0.1) is 33.8 Å². The Bertz CT molecular complexity index is 1390. The Balaban J connectivity index is 5.39. The fourth-order valence-electron chi connectivity index (χ4n) is 8.12. The van der Waals surface area contributed by atoms with E-state index in [0.717, 1.165) is 96.3 Å². The lowest BCUT2D eigenvalue weighted by molar-refractivity contribution is -0.870. The van der Waals surface area contributed by atoms with Crippen LogP contribution in [0.15, 0.2) is 60.8 Å². The maximum atomic E-state index is 13.5. The third kappa shape index (κ3) is 50.6. The number of allylic oxidation sites excluding steroid dienone is 9. The van der Waals surface area contributed by atoms with Crippen LogP contribution >= 0.6 is 7.82 Å². The standard InChI is InChI=1S/C60H111N2O7P/c1-7-10-13-16-19-22-25-28-30-31-33-34-37-40-43-46-49-52-59(63)61-57(56-68-70(65,66)67-55-54-62(4,5)6)58(51-48-45-42-39-36-27-24-21-18-15-12-9-3)69-60(64)53-50-47-44-41-38-35-32-29-26-23-20-17-14-11-8-2/h19,22-23,26,28,30,33-34,48,51,57-58H,7-18,20-21,24-25,27,29,31-32,35-47,49-50,52-56H2,1-6H3,(H-,61,63,65,66)/p+1/b22-19-,26-23-,30-28-,34-33-,51-48+. The second kappa shape index (κ2) is 50.3. The van der Waals surface area contributed by atoms with E-state index in [1.54, 1.807) is 0 Å². The molecule has 10 heteroatoms. The normalized spacial score (nSPS) is 14.2. The van der Waals surface area contributed by atoms with Crippen molar-refractivity contribution in [3.8, 4) is 0 Å². The highest BCUT2D eigenvalue weighted by Crippen LogP contribution is 2.43. The Kier molecular flexibility index (Phi) is 48.6. The monoisotopic (exact) mass is 1000 g/mol. The highest BCUT2D eigenvalue weighted by molar-refractivity contribution is 7.47. The molecule has 0 aliphatic heterocycles. The molecule has 0 aliphatic carbocycles. The number of nitrogens with one attached hydrogen (secondary N) is 1. The molecule has 0 aromatic carbocycles. The van der Waals surface area contributed by atoms with Crippen molar-refractivity contribution in [2.75, 3.05) is 40.9 Å². The van der Waals surface area contributed by atoms with Gasteiger partial charge in [-0.1, -0.05) is 210 Å². The average Bonchev–Trinajstić information content (AvgIpc) is 3.32. The number of amides is 1. The van der Waals surface area contributed by atoms with E-state index in [2.05, 4.69) is 74.7 Å². The summed E-state index contributed by atoms with van der Waals surface area (Å²) in [6, 6.07) is -0.861. The Morgan fingerprint density at radius 3 is 1.36 bits per heavy atom. The number of carbonyl (C=O) groups is 2. The van der Waals surface area contributed by atoms with Crippen molar-refractivity contribution in [1.29, 1.82) is 0 Å². The van der Waals surface area contributed by atoms with Gasteiger partial charge < -0.3 is 19.4 Å². The molecule has 0 rings (SSSR count). The van der Waals surface area contributed by atoms with Gasteiger partial charge in [0, 0.05) is 12.8 Å². The van der Waals surface area contributed by atoms with E-state index in [9.17, 15) is 19.0 Å². The van der Waals surface area contributed by atoms with Gasteiger partial charge in [0.1, 0.15) is 19.3 Å². The molecule has 3 unspecified atom stereocenters. The van der Waals surface area contributed by atoms with Gasteiger partial charge in [-0.25, -0.2) is 4.57 Å². The molecule has 0 fully saturated rings. The van der Waals surface area contributed by atoms with Crippen LogP contribution in [0.1, 0.15) is 258 Å². The van der Waals surface area contributed by atoms with Crippen LogP contribution in [-0.2, 0) is 27.9 Å². The summed E-state index contributed by atoms with van der Waals surface area (Å²) in [5.41, 5.74) is 0. The second-order valence-electron chi connectivity index (χ2n) is 20.8.